The molecule has 0 unspecified atom stereocenters. The largest absolute Gasteiger partial charge is 0.486 e. The lowest BCUT2D eigenvalue weighted by molar-refractivity contribution is 0.171. The molecule has 4 nitrogen and oxygen atoms in total. The number of thiocarbonyl (C=S) groups is 1. The lowest BCUT2D eigenvalue weighted by Gasteiger charge is -2.18. The van der Waals surface area contributed by atoms with E-state index in [4.69, 9.17) is 32.7 Å². The third-order valence-electron chi connectivity index (χ3n) is 2.26. The van der Waals surface area contributed by atoms with Crippen molar-refractivity contribution in [1.82, 2.24) is 0 Å². The summed E-state index contributed by atoms with van der Waals surface area (Å²) < 4.78 is 10.8. The number of fused-ring (bicyclic) bond motifs is 1. The fourth-order valence-electron chi connectivity index (χ4n) is 1.47. The highest BCUT2D eigenvalue weighted by molar-refractivity contribution is 7.80. The third-order valence-corrected chi connectivity index (χ3v) is 2.48. The van der Waals surface area contributed by atoms with Crippen LogP contribution < -0.4 is 15.2 Å². The first kappa shape index (κ1) is 11.4. The molecule has 1 aromatic carbocycles. The first-order chi connectivity index (χ1) is 8.20. The van der Waals surface area contributed by atoms with Crippen molar-refractivity contribution in [2.45, 2.75) is 0 Å². The van der Waals surface area contributed by atoms with E-state index in [2.05, 4.69) is 0 Å². The van der Waals surface area contributed by atoms with Gasteiger partial charge in [0.1, 0.15) is 24.3 Å². The molecule has 0 bridgehead atoms. The van der Waals surface area contributed by atoms with Crippen LogP contribution in [0.15, 0.2) is 23.8 Å². The molecular weight excluding hydrogens is 236 g/mol. The van der Waals surface area contributed by atoms with E-state index in [0.29, 0.717) is 24.7 Å². The number of hydrogen-bond acceptors (Lipinski definition) is 4. The number of hydrogen-bond donors (Lipinski definition) is 1. The highest BCUT2D eigenvalue weighted by Gasteiger charge is 2.11. The number of ether oxygens (including phenoxy) is 2. The Morgan fingerprint density at radius 3 is 2.71 bits per heavy atom. The minimum atomic E-state index is 0.0855. The van der Waals surface area contributed by atoms with E-state index in [1.54, 1.807) is 18.2 Å². The maximum atomic E-state index is 8.85. The molecule has 0 aromatic heterocycles. The first-order valence-electron chi connectivity index (χ1n) is 5.02. The van der Waals surface area contributed by atoms with E-state index >= 15 is 0 Å². The van der Waals surface area contributed by atoms with Crippen LogP contribution in [-0.4, -0.2) is 18.2 Å². The molecule has 0 amide bonds. The Hall–Kier alpha value is -2.06. The molecule has 2 rings (SSSR count). The van der Waals surface area contributed by atoms with Crippen molar-refractivity contribution in [1.29, 1.82) is 5.26 Å². The maximum Gasteiger partial charge on any atom is 0.161 e. The third kappa shape index (κ3) is 2.55. The minimum Gasteiger partial charge on any atom is -0.486 e. The highest BCUT2D eigenvalue weighted by atomic mass is 32.1. The van der Waals surface area contributed by atoms with Crippen LogP contribution in [0.3, 0.4) is 0 Å². The fourth-order valence-corrected chi connectivity index (χ4v) is 1.58. The Kier molecular flexibility index (Phi) is 3.26. The second kappa shape index (κ2) is 4.85. The van der Waals surface area contributed by atoms with E-state index in [1.807, 2.05) is 12.1 Å². The quantitative estimate of drug-likeness (QED) is 0.488. The van der Waals surface area contributed by atoms with Crippen LogP contribution in [0.25, 0.3) is 6.08 Å². The van der Waals surface area contributed by atoms with Gasteiger partial charge in [0.25, 0.3) is 0 Å². The average Bonchev–Trinajstić information content (AvgIpc) is 2.35. The van der Waals surface area contributed by atoms with Crippen LogP contribution in [0, 0.1) is 11.3 Å². The summed E-state index contributed by atoms with van der Waals surface area (Å²) in [5, 5.41) is 8.85. The van der Waals surface area contributed by atoms with Gasteiger partial charge in [-0.15, -0.1) is 0 Å². The molecule has 1 aliphatic rings. The van der Waals surface area contributed by atoms with Gasteiger partial charge in [-0.3, -0.25) is 0 Å². The Bertz CT molecular complexity index is 532. The maximum absolute atomic E-state index is 8.85. The van der Waals surface area contributed by atoms with Gasteiger partial charge in [-0.2, -0.15) is 5.26 Å². The average molecular weight is 246 g/mol. The topological polar surface area (TPSA) is 68.3 Å². The predicted octanol–water partition coefficient (Wildman–Crippen LogP) is 1.65. The molecule has 1 aromatic rings. The van der Waals surface area contributed by atoms with Gasteiger partial charge >= 0.3 is 0 Å². The lowest BCUT2D eigenvalue weighted by Crippen LogP contribution is -2.15. The summed E-state index contributed by atoms with van der Waals surface area (Å²) in [6, 6.07) is 7.37. The summed E-state index contributed by atoms with van der Waals surface area (Å²) in [5.74, 6) is 1.38. The first-order valence-corrected chi connectivity index (χ1v) is 5.43. The zero-order valence-electron chi connectivity index (χ0n) is 8.97. The molecule has 0 spiro atoms. The van der Waals surface area contributed by atoms with Gasteiger partial charge in [0.2, 0.25) is 0 Å². The van der Waals surface area contributed by atoms with E-state index in [0.717, 1.165) is 5.56 Å². The standard InChI is InChI=1S/C12H10N2O2S/c13-7-9(12(14)17)5-8-1-2-10-11(6-8)16-4-3-15-10/h1-2,5-6H,3-4H2,(H2,14,17)/b9-5-. The van der Waals surface area contributed by atoms with Gasteiger partial charge in [0.15, 0.2) is 11.5 Å². The summed E-state index contributed by atoms with van der Waals surface area (Å²) >= 11 is 4.77. The summed E-state index contributed by atoms with van der Waals surface area (Å²) in [4.78, 5) is 0.0855. The van der Waals surface area contributed by atoms with Gasteiger partial charge < -0.3 is 15.2 Å². The molecule has 0 saturated carbocycles. The number of rotatable bonds is 2. The molecule has 0 saturated heterocycles. The van der Waals surface area contributed by atoms with Crippen molar-refractivity contribution in [2.75, 3.05) is 13.2 Å². The molecular formula is C12H10N2O2S. The van der Waals surface area contributed by atoms with Crippen LogP contribution in [0.4, 0.5) is 0 Å². The van der Waals surface area contributed by atoms with E-state index in [1.165, 1.54) is 0 Å². The number of nitriles is 1. The fraction of sp³-hybridized carbons (Fsp3) is 0.167. The van der Waals surface area contributed by atoms with E-state index in [9.17, 15) is 0 Å². The Balaban J connectivity index is 2.35. The Morgan fingerprint density at radius 1 is 1.35 bits per heavy atom. The van der Waals surface area contributed by atoms with Crippen molar-refractivity contribution in [3.05, 3.63) is 29.3 Å². The van der Waals surface area contributed by atoms with Gasteiger partial charge in [0, 0.05) is 0 Å². The van der Waals surface area contributed by atoms with Crippen molar-refractivity contribution in [3.8, 4) is 17.6 Å². The number of nitrogens with two attached hydrogens (primary N) is 1. The van der Waals surface area contributed by atoms with Gasteiger partial charge in [-0.1, -0.05) is 18.3 Å². The molecule has 1 aliphatic heterocycles. The normalized spacial score (nSPS) is 13.9. The monoisotopic (exact) mass is 246 g/mol. The zero-order chi connectivity index (χ0) is 12.3. The van der Waals surface area contributed by atoms with Crippen LogP contribution in [0.2, 0.25) is 0 Å². The summed E-state index contributed by atoms with van der Waals surface area (Å²) in [7, 11) is 0. The number of nitrogens with zero attached hydrogens (tertiary/aromatic N) is 1. The second-order valence-corrected chi connectivity index (χ2v) is 3.88. The van der Waals surface area contributed by atoms with Crippen molar-refractivity contribution >= 4 is 23.3 Å². The van der Waals surface area contributed by atoms with Gasteiger partial charge in [-0.05, 0) is 23.8 Å². The molecule has 17 heavy (non-hydrogen) atoms. The molecule has 0 radical (unpaired) electrons. The van der Waals surface area contributed by atoms with Crippen LogP contribution in [0.1, 0.15) is 5.56 Å². The van der Waals surface area contributed by atoms with Crippen molar-refractivity contribution in [2.24, 2.45) is 5.73 Å². The zero-order valence-corrected chi connectivity index (χ0v) is 9.79. The molecule has 0 fully saturated rings. The second-order valence-electron chi connectivity index (χ2n) is 3.44. The van der Waals surface area contributed by atoms with Gasteiger partial charge in [0.05, 0.1) is 5.57 Å². The molecule has 5 heteroatoms. The highest BCUT2D eigenvalue weighted by Crippen LogP contribution is 2.31. The smallest absolute Gasteiger partial charge is 0.161 e. The van der Waals surface area contributed by atoms with Crippen LogP contribution >= 0.6 is 12.2 Å². The molecule has 0 aliphatic carbocycles. The van der Waals surface area contributed by atoms with E-state index < -0.39 is 0 Å². The molecule has 2 N–H and O–H groups in total. The summed E-state index contributed by atoms with van der Waals surface area (Å²) in [5.41, 5.74) is 6.50. The van der Waals surface area contributed by atoms with Gasteiger partial charge in [-0.25, -0.2) is 0 Å². The number of benzene rings is 1. The molecule has 1 heterocycles. The Labute approximate surface area is 104 Å². The Morgan fingerprint density at radius 2 is 2.06 bits per heavy atom. The summed E-state index contributed by atoms with van der Waals surface area (Å²) in [6.45, 7) is 1.08. The van der Waals surface area contributed by atoms with Crippen molar-refractivity contribution in [3.63, 3.8) is 0 Å². The summed E-state index contributed by atoms with van der Waals surface area (Å²) in [6.07, 6.45) is 1.63. The van der Waals surface area contributed by atoms with Crippen molar-refractivity contribution < 1.29 is 9.47 Å². The van der Waals surface area contributed by atoms with Crippen LogP contribution in [0.5, 0.6) is 11.5 Å². The predicted molar refractivity (Wildman–Crippen MR) is 67.8 cm³/mol. The minimum absolute atomic E-state index is 0.0855. The van der Waals surface area contributed by atoms with Crippen LogP contribution in [-0.2, 0) is 0 Å². The molecule has 0 atom stereocenters. The molecule has 86 valence electrons. The lowest BCUT2D eigenvalue weighted by atomic mass is 10.1. The van der Waals surface area contributed by atoms with E-state index in [-0.39, 0.29) is 10.6 Å². The SMILES string of the molecule is N#C/C(=C/c1ccc2c(c1)OCCO2)C(N)=S.